The minimum atomic E-state index is -0.183. The van der Waals surface area contributed by atoms with Crippen molar-refractivity contribution in [2.24, 2.45) is 0 Å². The Hall–Kier alpha value is -1.68. The van der Waals surface area contributed by atoms with E-state index in [1.807, 2.05) is 29.1 Å². The number of nitrogens with zero attached hydrogens (tertiary/aromatic N) is 2. The van der Waals surface area contributed by atoms with Crippen molar-refractivity contribution in [3.8, 4) is 0 Å². The van der Waals surface area contributed by atoms with Crippen LogP contribution >= 0.6 is 0 Å². The molecule has 2 aromatic rings. The first-order valence-electron chi connectivity index (χ1n) is 7.17. The van der Waals surface area contributed by atoms with Gasteiger partial charge in [-0.2, -0.15) is 5.10 Å². The van der Waals surface area contributed by atoms with Gasteiger partial charge in [-0.1, -0.05) is 19.1 Å². The fourth-order valence-electron chi connectivity index (χ4n) is 2.25. The third-order valence-electron chi connectivity index (χ3n) is 3.33. The molecule has 0 aliphatic rings. The van der Waals surface area contributed by atoms with Crippen molar-refractivity contribution in [1.29, 1.82) is 0 Å². The summed E-state index contributed by atoms with van der Waals surface area (Å²) >= 11 is 0. The Kier molecular flexibility index (Phi) is 5.30. The maximum atomic E-state index is 12.8. The molecule has 1 aromatic carbocycles. The van der Waals surface area contributed by atoms with E-state index >= 15 is 0 Å². The Morgan fingerprint density at radius 1 is 1.25 bits per heavy atom. The van der Waals surface area contributed by atoms with Crippen molar-refractivity contribution >= 4 is 0 Å². The van der Waals surface area contributed by atoms with Crippen molar-refractivity contribution in [3.05, 3.63) is 53.6 Å². The summed E-state index contributed by atoms with van der Waals surface area (Å²) in [4.78, 5) is 0. The molecule has 0 radical (unpaired) electrons. The predicted octanol–water partition coefficient (Wildman–Crippen LogP) is 3.15. The summed E-state index contributed by atoms with van der Waals surface area (Å²) in [6.45, 7) is 6.05. The molecule has 0 saturated carbocycles. The normalized spacial score (nSPS) is 12.6. The van der Waals surface area contributed by atoms with E-state index in [0.717, 1.165) is 31.5 Å². The second kappa shape index (κ2) is 7.20. The summed E-state index contributed by atoms with van der Waals surface area (Å²) in [5, 5.41) is 7.80. The van der Waals surface area contributed by atoms with Gasteiger partial charge in [-0.3, -0.25) is 4.68 Å². The smallest absolute Gasteiger partial charge is 0.123 e. The summed E-state index contributed by atoms with van der Waals surface area (Å²) < 4.78 is 14.9. The summed E-state index contributed by atoms with van der Waals surface area (Å²) in [6, 6.07) is 9.10. The van der Waals surface area contributed by atoms with E-state index in [1.165, 1.54) is 17.8 Å². The Balaban J connectivity index is 1.84. The molecule has 3 nitrogen and oxygen atoms in total. The molecule has 0 spiro atoms. The van der Waals surface area contributed by atoms with E-state index in [2.05, 4.69) is 24.3 Å². The molecular formula is C16H22FN3. The third kappa shape index (κ3) is 4.17. The summed E-state index contributed by atoms with van der Waals surface area (Å²) in [6.07, 6.45) is 3.82. The lowest BCUT2D eigenvalue weighted by Gasteiger charge is -2.14. The molecule has 20 heavy (non-hydrogen) atoms. The van der Waals surface area contributed by atoms with Gasteiger partial charge in [-0.05, 0) is 43.5 Å². The molecule has 0 bridgehead atoms. The maximum Gasteiger partial charge on any atom is 0.123 e. The van der Waals surface area contributed by atoms with E-state index in [4.69, 9.17) is 0 Å². The monoisotopic (exact) mass is 275 g/mol. The van der Waals surface area contributed by atoms with Gasteiger partial charge in [-0.25, -0.2) is 4.39 Å². The number of hydrogen-bond acceptors (Lipinski definition) is 2. The second-order valence-electron chi connectivity index (χ2n) is 5.16. The van der Waals surface area contributed by atoms with Gasteiger partial charge in [0.15, 0.2) is 0 Å². The first kappa shape index (κ1) is 14.7. The van der Waals surface area contributed by atoms with Crippen molar-refractivity contribution in [2.45, 2.75) is 45.8 Å². The Bertz CT molecular complexity index is 519. The first-order chi connectivity index (χ1) is 9.69. The number of hydrogen-bond donors (Lipinski definition) is 1. The molecule has 4 heteroatoms. The highest BCUT2D eigenvalue weighted by atomic mass is 19.1. The number of aryl methyl sites for hydroxylation is 1. The summed E-state index contributed by atoms with van der Waals surface area (Å²) in [5.74, 6) is -0.183. The Morgan fingerprint density at radius 3 is 2.70 bits per heavy atom. The zero-order chi connectivity index (χ0) is 14.4. The molecule has 1 unspecified atom stereocenters. The van der Waals surface area contributed by atoms with Crippen molar-refractivity contribution in [1.82, 2.24) is 15.1 Å². The number of benzene rings is 1. The minimum absolute atomic E-state index is 0.183. The molecule has 1 heterocycles. The molecule has 2 rings (SSSR count). The van der Waals surface area contributed by atoms with Crippen LogP contribution in [0.5, 0.6) is 0 Å². The average Bonchev–Trinajstić information content (AvgIpc) is 2.87. The fourth-order valence-corrected chi connectivity index (χ4v) is 2.25. The van der Waals surface area contributed by atoms with Gasteiger partial charge in [0, 0.05) is 25.3 Å². The van der Waals surface area contributed by atoms with E-state index in [0.29, 0.717) is 6.04 Å². The van der Waals surface area contributed by atoms with Crippen LogP contribution in [0.15, 0.2) is 36.5 Å². The standard InChI is InChI=1S/C16H22FN3/c1-3-10-20-16(8-9-19-20)12-18-13(2)11-14-4-6-15(17)7-5-14/h4-9,13,18H,3,10-12H2,1-2H3. The zero-order valence-electron chi connectivity index (χ0n) is 12.1. The van der Waals surface area contributed by atoms with Crippen LogP contribution in [0.1, 0.15) is 31.5 Å². The van der Waals surface area contributed by atoms with Gasteiger partial charge in [-0.15, -0.1) is 0 Å². The topological polar surface area (TPSA) is 29.9 Å². The fraction of sp³-hybridized carbons (Fsp3) is 0.438. The highest BCUT2D eigenvalue weighted by Crippen LogP contribution is 2.07. The predicted molar refractivity (Wildman–Crippen MR) is 78.9 cm³/mol. The van der Waals surface area contributed by atoms with Crippen LogP contribution in [-0.4, -0.2) is 15.8 Å². The molecule has 108 valence electrons. The van der Waals surface area contributed by atoms with Crippen LogP contribution in [0.3, 0.4) is 0 Å². The van der Waals surface area contributed by atoms with E-state index in [9.17, 15) is 4.39 Å². The Morgan fingerprint density at radius 2 is 2.00 bits per heavy atom. The van der Waals surface area contributed by atoms with Crippen LogP contribution in [0.2, 0.25) is 0 Å². The van der Waals surface area contributed by atoms with Gasteiger partial charge in [0.05, 0.1) is 5.69 Å². The second-order valence-corrected chi connectivity index (χ2v) is 5.16. The molecular weight excluding hydrogens is 253 g/mol. The van der Waals surface area contributed by atoms with E-state index in [-0.39, 0.29) is 5.82 Å². The molecule has 0 saturated heterocycles. The minimum Gasteiger partial charge on any atom is -0.308 e. The molecule has 1 aromatic heterocycles. The zero-order valence-corrected chi connectivity index (χ0v) is 12.1. The van der Waals surface area contributed by atoms with Crippen LogP contribution in [0.25, 0.3) is 0 Å². The van der Waals surface area contributed by atoms with Crippen LogP contribution in [0.4, 0.5) is 4.39 Å². The maximum absolute atomic E-state index is 12.8. The lowest BCUT2D eigenvalue weighted by atomic mass is 10.1. The van der Waals surface area contributed by atoms with Gasteiger partial charge in [0.2, 0.25) is 0 Å². The first-order valence-corrected chi connectivity index (χ1v) is 7.17. The number of aromatic nitrogens is 2. The number of halogens is 1. The van der Waals surface area contributed by atoms with Crippen molar-refractivity contribution in [3.63, 3.8) is 0 Å². The van der Waals surface area contributed by atoms with Crippen molar-refractivity contribution in [2.75, 3.05) is 0 Å². The summed E-state index contributed by atoms with van der Waals surface area (Å²) in [7, 11) is 0. The quantitative estimate of drug-likeness (QED) is 0.841. The molecule has 1 atom stereocenters. The summed E-state index contributed by atoms with van der Waals surface area (Å²) in [5.41, 5.74) is 2.35. The highest BCUT2D eigenvalue weighted by Gasteiger charge is 2.06. The van der Waals surface area contributed by atoms with Gasteiger partial charge in [0.25, 0.3) is 0 Å². The molecule has 0 aliphatic carbocycles. The van der Waals surface area contributed by atoms with E-state index in [1.54, 1.807) is 0 Å². The largest absolute Gasteiger partial charge is 0.308 e. The van der Waals surface area contributed by atoms with Gasteiger partial charge >= 0.3 is 0 Å². The third-order valence-corrected chi connectivity index (χ3v) is 3.33. The van der Waals surface area contributed by atoms with Crippen LogP contribution < -0.4 is 5.32 Å². The Labute approximate surface area is 119 Å². The number of nitrogens with one attached hydrogen (secondary N) is 1. The number of rotatable bonds is 7. The molecule has 0 amide bonds. The SMILES string of the molecule is CCCn1nccc1CNC(C)Cc1ccc(F)cc1. The van der Waals surface area contributed by atoms with E-state index < -0.39 is 0 Å². The highest BCUT2D eigenvalue weighted by molar-refractivity contribution is 5.17. The molecule has 1 N–H and O–H groups in total. The van der Waals surface area contributed by atoms with Gasteiger partial charge in [0.1, 0.15) is 5.82 Å². The lowest BCUT2D eigenvalue weighted by molar-refractivity contribution is 0.503. The molecule has 0 aliphatic heterocycles. The lowest BCUT2D eigenvalue weighted by Crippen LogP contribution is -2.28. The molecule has 0 fully saturated rings. The van der Waals surface area contributed by atoms with Gasteiger partial charge < -0.3 is 5.32 Å². The van der Waals surface area contributed by atoms with Crippen LogP contribution in [0, 0.1) is 5.82 Å². The van der Waals surface area contributed by atoms with Crippen LogP contribution in [-0.2, 0) is 19.5 Å². The average molecular weight is 275 g/mol. The van der Waals surface area contributed by atoms with Crippen molar-refractivity contribution < 1.29 is 4.39 Å².